The van der Waals surface area contributed by atoms with Gasteiger partial charge in [0.25, 0.3) is 0 Å². The topological polar surface area (TPSA) is 38.8 Å². The molecule has 6 heteroatoms. The zero-order valence-corrected chi connectivity index (χ0v) is 15.5. The Morgan fingerprint density at radius 3 is 2.35 bits per heavy atom. The number of rotatable bonds is 5. The number of carbonyl (C=O) groups excluding carboxylic acids is 1. The van der Waals surface area contributed by atoms with Crippen molar-refractivity contribution in [2.45, 2.75) is 33.1 Å². The molecule has 1 aromatic carbocycles. The quantitative estimate of drug-likeness (QED) is 0.714. The lowest BCUT2D eigenvalue weighted by Crippen LogP contribution is -2.33. The minimum Gasteiger partial charge on any atom is -0.494 e. The van der Waals surface area contributed by atoms with Crippen LogP contribution < -0.4 is 4.74 Å². The lowest BCUT2D eigenvalue weighted by Gasteiger charge is -2.26. The number of carbonyl (C=O) groups is 1. The lowest BCUT2D eigenvalue weighted by atomic mass is 10.1. The Morgan fingerprint density at radius 1 is 1.13 bits per heavy atom. The molecule has 130 valence electrons. The number of esters is 1. The molecule has 1 aromatic rings. The van der Waals surface area contributed by atoms with Crippen LogP contribution in [-0.4, -0.2) is 44.2 Å². The normalized spacial score (nSPS) is 14.7. The second-order valence-electron chi connectivity index (χ2n) is 4.98. The van der Waals surface area contributed by atoms with E-state index < -0.39 is 5.97 Å². The second kappa shape index (κ2) is 10.7. The van der Waals surface area contributed by atoms with E-state index in [4.69, 9.17) is 32.7 Å². The molecule has 0 amide bonds. The monoisotopic (exact) mass is 361 g/mol. The fraction of sp³-hybridized carbons (Fsp3) is 0.588. The Balaban J connectivity index is 0.00000127. The van der Waals surface area contributed by atoms with E-state index in [0.717, 1.165) is 19.6 Å². The molecule has 1 heterocycles. The summed E-state index contributed by atoms with van der Waals surface area (Å²) in [5, 5.41) is 0.615. The van der Waals surface area contributed by atoms with Gasteiger partial charge in [-0.15, -0.1) is 0 Å². The van der Waals surface area contributed by atoms with Crippen molar-refractivity contribution in [1.82, 2.24) is 4.90 Å². The fourth-order valence-corrected chi connectivity index (χ4v) is 2.91. The van der Waals surface area contributed by atoms with Crippen molar-refractivity contribution in [3.63, 3.8) is 0 Å². The Labute approximate surface area is 148 Å². The van der Waals surface area contributed by atoms with Crippen molar-refractivity contribution in [2.24, 2.45) is 0 Å². The van der Waals surface area contributed by atoms with E-state index in [1.54, 1.807) is 12.1 Å². The third kappa shape index (κ3) is 5.87. The van der Waals surface area contributed by atoms with Gasteiger partial charge in [-0.05, 0) is 38.1 Å². The first-order chi connectivity index (χ1) is 11.1. The maximum Gasteiger partial charge on any atom is 0.343 e. The SMILES string of the molecule is CC.COc1c(Cl)ccc(Cl)c1C(=O)OCCN1CCCCC1. The van der Waals surface area contributed by atoms with Gasteiger partial charge in [-0.3, -0.25) is 4.90 Å². The van der Waals surface area contributed by atoms with Crippen LogP contribution in [0.1, 0.15) is 43.5 Å². The summed E-state index contributed by atoms with van der Waals surface area (Å²) in [5.74, 6) is -0.247. The number of halogens is 2. The first-order valence-electron chi connectivity index (χ1n) is 8.05. The molecule has 0 aromatic heterocycles. The van der Waals surface area contributed by atoms with Gasteiger partial charge < -0.3 is 9.47 Å². The van der Waals surface area contributed by atoms with Gasteiger partial charge in [0, 0.05) is 6.54 Å². The summed E-state index contributed by atoms with van der Waals surface area (Å²) in [5.41, 5.74) is 0.185. The third-order valence-corrected chi connectivity index (χ3v) is 4.17. The summed E-state index contributed by atoms with van der Waals surface area (Å²) in [4.78, 5) is 14.5. The summed E-state index contributed by atoms with van der Waals surface area (Å²) >= 11 is 12.1. The molecular weight excluding hydrogens is 337 g/mol. The molecule has 0 radical (unpaired) electrons. The van der Waals surface area contributed by atoms with E-state index in [9.17, 15) is 4.79 Å². The van der Waals surface area contributed by atoms with Crippen LogP contribution >= 0.6 is 23.2 Å². The summed E-state index contributed by atoms with van der Waals surface area (Å²) in [6, 6.07) is 3.15. The number of benzene rings is 1. The van der Waals surface area contributed by atoms with Gasteiger partial charge in [0.1, 0.15) is 12.2 Å². The highest BCUT2D eigenvalue weighted by atomic mass is 35.5. The van der Waals surface area contributed by atoms with Crippen molar-refractivity contribution < 1.29 is 14.3 Å². The molecule has 0 spiro atoms. The lowest BCUT2D eigenvalue weighted by molar-refractivity contribution is 0.0449. The van der Waals surface area contributed by atoms with Crippen LogP contribution in [0.2, 0.25) is 10.0 Å². The van der Waals surface area contributed by atoms with E-state index in [-0.39, 0.29) is 16.3 Å². The van der Waals surface area contributed by atoms with Crippen LogP contribution in [0.5, 0.6) is 5.75 Å². The van der Waals surface area contributed by atoms with Crippen LogP contribution in [0, 0.1) is 0 Å². The predicted octanol–water partition coefficient (Wildman–Crippen LogP) is 4.67. The van der Waals surface area contributed by atoms with Crippen molar-refractivity contribution in [2.75, 3.05) is 33.4 Å². The highest BCUT2D eigenvalue weighted by molar-refractivity contribution is 6.37. The number of nitrogens with zero attached hydrogens (tertiary/aromatic N) is 1. The third-order valence-electron chi connectivity index (χ3n) is 3.56. The zero-order valence-electron chi connectivity index (χ0n) is 14.0. The number of likely N-dealkylation sites (tertiary alicyclic amines) is 1. The molecule has 0 saturated carbocycles. The number of methoxy groups -OCH3 is 1. The number of ether oxygens (including phenoxy) is 2. The van der Waals surface area contributed by atoms with Crippen molar-refractivity contribution in [3.05, 3.63) is 27.7 Å². The Hall–Kier alpha value is -0.970. The van der Waals surface area contributed by atoms with E-state index in [1.807, 2.05) is 13.8 Å². The molecule has 1 aliphatic heterocycles. The highest BCUT2D eigenvalue weighted by Gasteiger charge is 2.21. The van der Waals surface area contributed by atoms with E-state index in [1.165, 1.54) is 26.4 Å². The van der Waals surface area contributed by atoms with Gasteiger partial charge >= 0.3 is 5.97 Å². The Kier molecular flexibility index (Phi) is 9.37. The molecule has 4 nitrogen and oxygen atoms in total. The Bertz CT molecular complexity index is 503. The summed E-state index contributed by atoms with van der Waals surface area (Å²) < 4.78 is 10.5. The maximum atomic E-state index is 12.2. The van der Waals surface area contributed by atoms with Crippen molar-refractivity contribution >= 4 is 29.2 Å². The summed E-state index contributed by atoms with van der Waals surface area (Å²) in [6.45, 7) is 7.22. The van der Waals surface area contributed by atoms with Crippen molar-refractivity contribution in [3.8, 4) is 5.75 Å². The first kappa shape index (κ1) is 20.1. The first-order valence-corrected chi connectivity index (χ1v) is 8.80. The van der Waals surface area contributed by atoms with Crippen molar-refractivity contribution in [1.29, 1.82) is 0 Å². The molecule has 2 rings (SSSR count). The van der Waals surface area contributed by atoms with Gasteiger partial charge in [-0.25, -0.2) is 4.79 Å². The highest BCUT2D eigenvalue weighted by Crippen LogP contribution is 2.34. The molecule has 0 bridgehead atoms. The van der Waals surface area contributed by atoms with Gasteiger partial charge in [0.15, 0.2) is 5.75 Å². The van der Waals surface area contributed by atoms with Gasteiger partial charge in [0.2, 0.25) is 0 Å². The van der Waals surface area contributed by atoms with Gasteiger partial charge in [-0.2, -0.15) is 0 Å². The molecule has 0 aliphatic carbocycles. The molecule has 23 heavy (non-hydrogen) atoms. The minimum absolute atomic E-state index is 0.185. The largest absolute Gasteiger partial charge is 0.494 e. The maximum absolute atomic E-state index is 12.2. The molecule has 0 atom stereocenters. The fourth-order valence-electron chi connectivity index (χ4n) is 2.45. The number of hydrogen-bond acceptors (Lipinski definition) is 4. The number of hydrogen-bond donors (Lipinski definition) is 0. The van der Waals surface area contributed by atoms with Gasteiger partial charge in [0.05, 0.1) is 17.2 Å². The van der Waals surface area contributed by atoms with Crippen LogP contribution in [0.25, 0.3) is 0 Å². The van der Waals surface area contributed by atoms with Crippen LogP contribution in [0.15, 0.2) is 12.1 Å². The summed E-state index contributed by atoms with van der Waals surface area (Å²) in [6.07, 6.45) is 3.70. The van der Waals surface area contributed by atoms with E-state index in [2.05, 4.69) is 4.90 Å². The predicted molar refractivity (Wildman–Crippen MR) is 94.9 cm³/mol. The second-order valence-corrected chi connectivity index (χ2v) is 5.79. The standard InChI is InChI=1S/C15H19Cl2NO3.C2H6/c1-20-14-12(17)6-5-11(16)13(14)15(19)21-10-9-18-7-3-2-4-8-18;1-2/h5-6H,2-4,7-10H2,1H3;1-2H3. The van der Waals surface area contributed by atoms with Crippen LogP contribution in [0.3, 0.4) is 0 Å². The molecule has 0 N–H and O–H groups in total. The molecule has 1 fully saturated rings. The minimum atomic E-state index is -0.503. The number of piperidine rings is 1. The smallest absolute Gasteiger partial charge is 0.343 e. The average molecular weight is 362 g/mol. The Morgan fingerprint density at radius 2 is 1.74 bits per heavy atom. The zero-order chi connectivity index (χ0) is 17.2. The molecule has 1 saturated heterocycles. The van der Waals surface area contributed by atoms with Gasteiger partial charge in [-0.1, -0.05) is 43.5 Å². The molecular formula is C17H25Cl2NO3. The molecule has 0 unspecified atom stereocenters. The van der Waals surface area contributed by atoms with Crippen LogP contribution in [0.4, 0.5) is 0 Å². The summed E-state index contributed by atoms with van der Waals surface area (Å²) in [7, 11) is 1.45. The van der Waals surface area contributed by atoms with Crippen LogP contribution in [-0.2, 0) is 4.74 Å². The van der Waals surface area contributed by atoms with E-state index >= 15 is 0 Å². The average Bonchev–Trinajstić information content (AvgIpc) is 2.59. The van der Waals surface area contributed by atoms with E-state index in [0.29, 0.717) is 11.6 Å². The molecule has 1 aliphatic rings.